The van der Waals surface area contributed by atoms with Crippen LogP contribution in [0.15, 0.2) is 11.6 Å². The molecule has 2 fully saturated rings. The van der Waals surface area contributed by atoms with Gasteiger partial charge in [-0.05, 0) is 35.7 Å². The van der Waals surface area contributed by atoms with Gasteiger partial charge in [-0.15, -0.1) is 0 Å². The lowest BCUT2D eigenvalue weighted by atomic mass is 9.48. The fourth-order valence-electron chi connectivity index (χ4n) is 3.00. The molecular weight excluding hydrogens is 148 g/mol. The van der Waals surface area contributed by atoms with Gasteiger partial charge in [-0.25, -0.2) is 0 Å². The molecule has 3 atom stereocenters. The average Bonchev–Trinajstić information content (AvgIpc) is 2.86. The van der Waals surface area contributed by atoms with Crippen LogP contribution in [0.4, 0.5) is 0 Å². The van der Waals surface area contributed by atoms with E-state index < -0.39 is 0 Å². The summed E-state index contributed by atoms with van der Waals surface area (Å²) in [6.45, 7) is 5.82. The molecule has 3 aliphatic carbocycles. The van der Waals surface area contributed by atoms with Crippen molar-refractivity contribution in [1.82, 2.24) is 0 Å². The van der Waals surface area contributed by atoms with Gasteiger partial charge in [-0.1, -0.05) is 19.9 Å². The lowest BCUT2D eigenvalue weighted by Gasteiger charge is -2.56. The molecule has 12 heavy (non-hydrogen) atoms. The number of epoxide rings is 1. The first kappa shape index (κ1) is 7.14. The number of hydrogen-bond donors (Lipinski definition) is 0. The van der Waals surface area contributed by atoms with E-state index in [4.69, 9.17) is 4.74 Å². The van der Waals surface area contributed by atoms with E-state index in [-0.39, 0.29) is 0 Å². The largest absolute Gasteiger partial charge is 0.368 e. The van der Waals surface area contributed by atoms with E-state index in [1.54, 1.807) is 5.57 Å². The molecule has 1 saturated heterocycles. The molecule has 4 rings (SSSR count). The van der Waals surface area contributed by atoms with Gasteiger partial charge in [0.05, 0.1) is 6.61 Å². The smallest absolute Gasteiger partial charge is 0.102 e. The second kappa shape index (κ2) is 1.95. The zero-order valence-electron chi connectivity index (χ0n) is 7.84. The topological polar surface area (TPSA) is 12.5 Å². The standard InChI is InChI=1S/C11H16O/c1-11(2)7-3-4-8(9(11)5-7)10-6-12-10/h4,7,9-10H,3,5-6H2,1-2H3/t7?,9?,10-/m0/s1. The lowest BCUT2D eigenvalue weighted by Crippen LogP contribution is -2.48. The van der Waals surface area contributed by atoms with Crippen LogP contribution in [0.25, 0.3) is 0 Å². The highest BCUT2D eigenvalue weighted by molar-refractivity contribution is 5.28. The highest BCUT2D eigenvalue weighted by Gasteiger charge is 2.54. The van der Waals surface area contributed by atoms with Gasteiger partial charge < -0.3 is 4.74 Å². The zero-order chi connectivity index (χ0) is 8.34. The van der Waals surface area contributed by atoms with Crippen molar-refractivity contribution in [2.24, 2.45) is 17.3 Å². The van der Waals surface area contributed by atoms with Gasteiger partial charge in [0.2, 0.25) is 0 Å². The number of hydrogen-bond acceptors (Lipinski definition) is 1. The van der Waals surface area contributed by atoms with E-state index >= 15 is 0 Å². The van der Waals surface area contributed by atoms with E-state index in [0.29, 0.717) is 11.5 Å². The second-order valence-electron chi connectivity index (χ2n) is 5.07. The van der Waals surface area contributed by atoms with Crippen LogP contribution in [0.1, 0.15) is 26.7 Å². The monoisotopic (exact) mass is 164 g/mol. The summed E-state index contributed by atoms with van der Waals surface area (Å²) in [5, 5.41) is 0. The van der Waals surface area contributed by atoms with E-state index in [1.807, 2.05) is 0 Å². The Kier molecular flexibility index (Phi) is 1.16. The summed E-state index contributed by atoms with van der Waals surface area (Å²) < 4.78 is 5.37. The summed E-state index contributed by atoms with van der Waals surface area (Å²) >= 11 is 0. The maximum atomic E-state index is 5.37. The Morgan fingerprint density at radius 2 is 2.25 bits per heavy atom. The molecule has 4 aliphatic rings. The first-order valence-electron chi connectivity index (χ1n) is 5.01. The van der Waals surface area contributed by atoms with Crippen molar-refractivity contribution < 1.29 is 4.74 Å². The molecule has 0 aromatic carbocycles. The minimum absolute atomic E-state index is 0.524. The van der Waals surface area contributed by atoms with Crippen molar-refractivity contribution in [2.75, 3.05) is 6.61 Å². The Hall–Kier alpha value is -0.300. The van der Waals surface area contributed by atoms with Crippen LogP contribution in [-0.2, 0) is 4.74 Å². The molecule has 0 N–H and O–H groups in total. The van der Waals surface area contributed by atoms with Crippen LogP contribution < -0.4 is 0 Å². The van der Waals surface area contributed by atoms with E-state index in [1.165, 1.54) is 12.8 Å². The Bertz CT molecular complexity index is 248. The van der Waals surface area contributed by atoms with Gasteiger partial charge in [0.1, 0.15) is 6.10 Å². The third-order valence-electron chi connectivity index (χ3n) is 4.22. The van der Waals surface area contributed by atoms with Gasteiger partial charge in [0, 0.05) is 0 Å². The Labute approximate surface area is 73.8 Å². The number of allylic oxidation sites excluding steroid dienone is 1. The van der Waals surface area contributed by atoms with Crippen molar-refractivity contribution in [1.29, 1.82) is 0 Å². The van der Waals surface area contributed by atoms with E-state index in [0.717, 1.165) is 18.4 Å². The van der Waals surface area contributed by atoms with Crippen LogP contribution in [0.5, 0.6) is 0 Å². The van der Waals surface area contributed by atoms with Crippen LogP contribution >= 0.6 is 0 Å². The second-order valence-corrected chi connectivity index (χ2v) is 5.07. The molecule has 0 aromatic heterocycles. The number of fused-ring (bicyclic) bond motifs is 1. The summed E-state index contributed by atoms with van der Waals surface area (Å²) in [5.74, 6) is 1.81. The van der Waals surface area contributed by atoms with Gasteiger partial charge in [0.25, 0.3) is 0 Å². The molecule has 0 spiro atoms. The average molecular weight is 164 g/mol. The van der Waals surface area contributed by atoms with Crippen LogP contribution in [0.2, 0.25) is 0 Å². The zero-order valence-corrected chi connectivity index (χ0v) is 7.84. The number of ether oxygens (including phenoxy) is 1. The Morgan fingerprint density at radius 1 is 1.50 bits per heavy atom. The fraction of sp³-hybridized carbons (Fsp3) is 0.818. The van der Waals surface area contributed by atoms with Gasteiger partial charge in [-0.2, -0.15) is 0 Å². The fourth-order valence-corrected chi connectivity index (χ4v) is 3.00. The molecule has 1 heteroatoms. The minimum atomic E-state index is 0.524. The molecule has 1 heterocycles. The van der Waals surface area contributed by atoms with Gasteiger partial charge >= 0.3 is 0 Å². The Morgan fingerprint density at radius 3 is 2.75 bits per heavy atom. The van der Waals surface area contributed by atoms with Crippen molar-refractivity contribution in [3.8, 4) is 0 Å². The lowest BCUT2D eigenvalue weighted by molar-refractivity contribution is -0.00988. The molecule has 0 aromatic rings. The SMILES string of the molecule is CC1(C)C2CC=C([C@@H]3CO3)C1C2. The molecule has 0 amide bonds. The van der Waals surface area contributed by atoms with Crippen molar-refractivity contribution >= 4 is 0 Å². The summed E-state index contributed by atoms with van der Waals surface area (Å²) in [6, 6.07) is 0. The molecule has 66 valence electrons. The van der Waals surface area contributed by atoms with Crippen LogP contribution in [0, 0.1) is 17.3 Å². The molecule has 0 radical (unpaired) electrons. The highest BCUT2D eigenvalue weighted by atomic mass is 16.6. The maximum Gasteiger partial charge on any atom is 0.102 e. The third kappa shape index (κ3) is 0.731. The summed E-state index contributed by atoms with van der Waals surface area (Å²) in [4.78, 5) is 0. The van der Waals surface area contributed by atoms with Crippen molar-refractivity contribution in [3.63, 3.8) is 0 Å². The first-order valence-corrected chi connectivity index (χ1v) is 5.01. The maximum absolute atomic E-state index is 5.37. The van der Waals surface area contributed by atoms with Crippen molar-refractivity contribution in [3.05, 3.63) is 11.6 Å². The molecule has 1 nitrogen and oxygen atoms in total. The molecule has 2 unspecified atom stereocenters. The van der Waals surface area contributed by atoms with Gasteiger partial charge in [-0.3, -0.25) is 0 Å². The predicted molar refractivity (Wildman–Crippen MR) is 47.8 cm³/mol. The third-order valence-corrected chi connectivity index (χ3v) is 4.22. The van der Waals surface area contributed by atoms with Gasteiger partial charge in [0.15, 0.2) is 0 Å². The summed E-state index contributed by atoms with van der Waals surface area (Å²) in [6.07, 6.45) is 5.70. The summed E-state index contributed by atoms with van der Waals surface area (Å²) in [5.41, 5.74) is 2.21. The molecule has 2 bridgehead atoms. The van der Waals surface area contributed by atoms with E-state index in [9.17, 15) is 0 Å². The number of rotatable bonds is 1. The van der Waals surface area contributed by atoms with Crippen LogP contribution in [0.3, 0.4) is 0 Å². The van der Waals surface area contributed by atoms with Crippen LogP contribution in [-0.4, -0.2) is 12.7 Å². The predicted octanol–water partition coefficient (Wildman–Crippen LogP) is 2.38. The molecular formula is C11H16O. The van der Waals surface area contributed by atoms with E-state index in [2.05, 4.69) is 19.9 Å². The highest BCUT2D eigenvalue weighted by Crippen LogP contribution is 2.60. The normalized spacial score (nSPS) is 47.8. The molecule has 1 saturated carbocycles. The minimum Gasteiger partial charge on any atom is -0.368 e. The Balaban J connectivity index is 1.91. The quantitative estimate of drug-likeness (QED) is 0.428. The molecule has 1 aliphatic heterocycles. The van der Waals surface area contributed by atoms with Crippen molar-refractivity contribution in [2.45, 2.75) is 32.8 Å². The summed E-state index contributed by atoms with van der Waals surface area (Å²) in [7, 11) is 0. The first-order chi connectivity index (χ1) is 5.69.